The van der Waals surface area contributed by atoms with E-state index in [4.69, 9.17) is 20.9 Å². The molecule has 0 spiro atoms. The van der Waals surface area contributed by atoms with Crippen molar-refractivity contribution in [2.75, 3.05) is 11.5 Å². The monoisotopic (exact) mass is 420 g/mol. The van der Waals surface area contributed by atoms with E-state index in [-0.39, 0.29) is 13.2 Å². The van der Waals surface area contributed by atoms with Gasteiger partial charge in [-0.3, -0.25) is 9.59 Å². The Morgan fingerprint density at radius 1 is 0.714 bits per heavy atom. The van der Waals surface area contributed by atoms with Gasteiger partial charge in [0.15, 0.2) is 0 Å². The SMILES string of the molecule is NC(CSSC[C@H](N)C(=O)OCc1ccccc1)C(=O)OCc1ccccc1. The predicted octanol–water partition coefficient (Wildman–Crippen LogP) is 2.51. The molecule has 150 valence electrons. The Labute approximate surface area is 172 Å². The van der Waals surface area contributed by atoms with Gasteiger partial charge in [0.1, 0.15) is 25.3 Å². The van der Waals surface area contributed by atoms with E-state index in [1.54, 1.807) is 0 Å². The molecule has 2 aromatic rings. The summed E-state index contributed by atoms with van der Waals surface area (Å²) >= 11 is 0. The minimum atomic E-state index is -0.734. The van der Waals surface area contributed by atoms with Gasteiger partial charge in [0.05, 0.1) is 0 Å². The number of hydrogen-bond acceptors (Lipinski definition) is 8. The largest absolute Gasteiger partial charge is 0.460 e. The van der Waals surface area contributed by atoms with Gasteiger partial charge in [-0.25, -0.2) is 0 Å². The minimum Gasteiger partial charge on any atom is -0.460 e. The number of ether oxygens (including phenoxy) is 2. The van der Waals surface area contributed by atoms with Crippen LogP contribution in [-0.4, -0.2) is 35.5 Å². The lowest BCUT2D eigenvalue weighted by molar-refractivity contribution is -0.146. The number of nitrogens with two attached hydrogens (primary N) is 2. The molecule has 0 saturated heterocycles. The zero-order valence-corrected chi connectivity index (χ0v) is 17.0. The summed E-state index contributed by atoms with van der Waals surface area (Å²) in [6.07, 6.45) is 0. The highest BCUT2D eigenvalue weighted by Gasteiger charge is 2.18. The molecule has 1 unspecified atom stereocenters. The number of hydrogen-bond donors (Lipinski definition) is 2. The van der Waals surface area contributed by atoms with Crippen LogP contribution in [0.15, 0.2) is 60.7 Å². The summed E-state index contributed by atoms with van der Waals surface area (Å²) in [5.74, 6) is -0.180. The highest BCUT2D eigenvalue weighted by molar-refractivity contribution is 8.76. The van der Waals surface area contributed by atoms with Gasteiger partial charge in [-0.15, -0.1) is 0 Å². The van der Waals surface area contributed by atoms with Gasteiger partial charge < -0.3 is 20.9 Å². The van der Waals surface area contributed by atoms with Crippen molar-refractivity contribution in [3.05, 3.63) is 71.8 Å². The van der Waals surface area contributed by atoms with Crippen LogP contribution in [0.5, 0.6) is 0 Å². The van der Waals surface area contributed by atoms with Crippen LogP contribution in [-0.2, 0) is 32.3 Å². The molecule has 2 aromatic carbocycles. The number of rotatable bonds is 11. The van der Waals surface area contributed by atoms with E-state index < -0.39 is 24.0 Å². The van der Waals surface area contributed by atoms with Crippen molar-refractivity contribution in [2.45, 2.75) is 25.3 Å². The molecule has 2 rings (SSSR count). The molecule has 4 N–H and O–H groups in total. The average Bonchev–Trinajstić information content (AvgIpc) is 2.74. The Kier molecular flexibility index (Phi) is 9.92. The van der Waals surface area contributed by atoms with Crippen molar-refractivity contribution in [1.82, 2.24) is 0 Å². The fourth-order valence-electron chi connectivity index (χ4n) is 2.05. The van der Waals surface area contributed by atoms with Crippen LogP contribution in [0.25, 0.3) is 0 Å². The van der Waals surface area contributed by atoms with Crippen LogP contribution >= 0.6 is 21.6 Å². The third-order valence-corrected chi connectivity index (χ3v) is 6.11. The van der Waals surface area contributed by atoms with Crippen LogP contribution < -0.4 is 11.5 Å². The van der Waals surface area contributed by atoms with E-state index in [0.717, 1.165) is 11.1 Å². The number of carbonyl (C=O) groups excluding carboxylic acids is 2. The van der Waals surface area contributed by atoms with E-state index in [0.29, 0.717) is 11.5 Å². The van der Waals surface area contributed by atoms with Gasteiger partial charge in [-0.05, 0) is 11.1 Å². The molecule has 0 heterocycles. The number of esters is 2. The van der Waals surface area contributed by atoms with Gasteiger partial charge in [-0.2, -0.15) is 0 Å². The molecule has 8 heteroatoms. The fourth-order valence-corrected chi connectivity index (χ4v) is 4.27. The number of benzene rings is 2. The molecule has 2 atom stereocenters. The first-order chi connectivity index (χ1) is 13.6. The summed E-state index contributed by atoms with van der Waals surface area (Å²) in [5.41, 5.74) is 13.5. The number of carbonyl (C=O) groups is 2. The third-order valence-electron chi connectivity index (χ3n) is 3.63. The van der Waals surface area contributed by atoms with Crippen LogP contribution in [0.1, 0.15) is 11.1 Å². The lowest BCUT2D eigenvalue weighted by Gasteiger charge is -2.13. The molecule has 0 saturated carbocycles. The van der Waals surface area contributed by atoms with E-state index in [1.165, 1.54) is 21.6 Å². The maximum atomic E-state index is 11.9. The second-order valence-electron chi connectivity index (χ2n) is 5.97. The van der Waals surface area contributed by atoms with Gasteiger partial charge in [0.2, 0.25) is 0 Å². The summed E-state index contributed by atoms with van der Waals surface area (Å²) in [7, 11) is 2.75. The highest BCUT2D eigenvalue weighted by atomic mass is 33.1. The fraction of sp³-hybridized carbons (Fsp3) is 0.300. The van der Waals surface area contributed by atoms with Crippen molar-refractivity contribution in [2.24, 2.45) is 11.5 Å². The van der Waals surface area contributed by atoms with Crippen molar-refractivity contribution in [1.29, 1.82) is 0 Å². The Morgan fingerprint density at radius 3 is 1.43 bits per heavy atom. The maximum absolute atomic E-state index is 11.9. The molecule has 0 aliphatic carbocycles. The van der Waals surface area contributed by atoms with E-state index >= 15 is 0 Å². The second kappa shape index (κ2) is 12.5. The van der Waals surface area contributed by atoms with Crippen molar-refractivity contribution >= 4 is 33.5 Å². The smallest absolute Gasteiger partial charge is 0.324 e. The second-order valence-corrected chi connectivity index (χ2v) is 8.52. The quantitative estimate of drug-likeness (QED) is 0.325. The average molecular weight is 421 g/mol. The lowest BCUT2D eigenvalue weighted by Crippen LogP contribution is -2.35. The molecular weight excluding hydrogens is 396 g/mol. The first-order valence-electron chi connectivity index (χ1n) is 8.73. The van der Waals surface area contributed by atoms with Gasteiger partial charge >= 0.3 is 11.9 Å². The molecule has 0 aromatic heterocycles. The van der Waals surface area contributed by atoms with E-state index in [1.807, 2.05) is 60.7 Å². The first kappa shape index (κ1) is 22.3. The molecule has 0 amide bonds. The summed E-state index contributed by atoms with van der Waals surface area (Å²) < 4.78 is 10.4. The molecule has 0 aliphatic heterocycles. The molecule has 0 aliphatic rings. The predicted molar refractivity (Wildman–Crippen MR) is 113 cm³/mol. The standard InChI is InChI=1S/C20H24N2O4S2/c21-17(19(23)25-11-15-7-3-1-4-8-15)13-27-28-14-18(22)20(24)26-12-16-9-5-2-6-10-16/h1-10,17-18H,11-14,21-22H2/t17-,18?/m0/s1. The zero-order valence-electron chi connectivity index (χ0n) is 15.4. The van der Waals surface area contributed by atoms with Crippen LogP contribution in [0.3, 0.4) is 0 Å². The Bertz CT molecular complexity index is 668. The van der Waals surface area contributed by atoms with Gasteiger partial charge in [0.25, 0.3) is 0 Å². The van der Waals surface area contributed by atoms with Crippen LogP contribution in [0.2, 0.25) is 0 Å². The van der Waals surface area contributed by atoms with Crippen molar-refractivity contribution < 1.29 is 19.1 Å². The topological polar surface area (TPSA) is 105 Å². The zero-order chi connectivity index (χ0) is 20.2. The molecular formula is C20H24N2O4S2. The summed E-state index contributed by atoms with van der Waals surface area (Å²) in [5, 5.41) is 0. The molecule has 0 fully saturated rings. The Morgan fingerprint density at radius 2 is 1.07 bits per heavy atom. The lowest BCUT2D eigenvalue weighted by atomic mass is 10.2. The molecule has 0 bridgehead atoms. The van der Waals surface area contributed by atoms with E-state index in [2.05, 4.69) is 0 Å². The molecule has 28 heavy (non-hydrogen) atoms. The minimum absolute atomic E-state index is 0.198. The summed E-state index contributed by atoms with van der Waals surface area (Å²) in [6, 6.07) is 17.3. The highest BCUT2D eigenvalue weighted by Crippen LogP contribution is 2.22. The third kappa shape index (κ3) is 8.35. The summed E-state index contributed by atoms with van der Waals surface area (Å²) in [4.78, 5) is 23.8. The van der Waals surface area contributed by atoms with Gasteiger partial charge in [0, 0.05) is 11.5 Å². The van der Waals surface area contributed by atoms with Crippen molar-refractivity contribution in [3.63, 3.8) is 0 Å². The molecule has 0 radical (unpaired) electrons. The Balaban J connectivity index is 1.57. The summed E-state index contributed by atoms with van der Waals surface area (Å²) in [6.45, 7) is 0.395. The van der Waals surface area contributed by atoms with E-state index in [9.17, 15) is 9.59 Å². The van der Waals surface area contributed by atoms with Gasteiger partial charge in [-0.1, -0.05) is 82.3 Å². The first-order valence-corrected chi connectivity index (χ1v) is 11.2. The van der Waals surface area contributed by atoms with Crippen molar-refractivity contribution in [3.8, 4) is 0 Å². The molecule has 6 nitrogen and oxygen atoms in total. The maximum Gasteiger partial charge on any atom is 0.324 e. The normalized spacial score (nSPS) is 12.8. The van der Waals surface area contributed by atoms with Crippen LogP contribution in [0.4, 0.5) is 0 Å². The van der Waals surface area contributed by atoms with Crippen LogP contribution in [0, 0.1) is 0 Å². The Hall–Kier alpha value is -2.00.